The number of nitrogens with zero attached hydrogens (tertiary/aromatic N) is 2. The number of hydrogen-bond donors (Lipinski definition) is 2. The smallest absolute Gasteiger partial charge is 0.419 e. The third kappa shape index (κ3) is 3.56. The Morgan fingerprint density at radius 2 is 1.97 bits per heavy atom. The molecule has 12 heteroatoms. The van der Waals surface area contributed by atoms with E-state index >= 15 is 0 Å². The Morgan fingerprint density at radius 1 is 1.27 bits per heavy atom. The van der Waals surface area contributed by atoms with Crippen LogP contribution in [-0.2, 0) is 9.53 Å². The number of carbonyl (C=O) groups is 1. The van der Waals surface area contributed by atoms with Crippen LogP contribution in [0.3, 0.4) is 0 Å². The van der Waals surface area contributed by atoms with Crippen molar-refractivity contribution in [1.82, 2.24) is 10.2 Å². The Morgan fingerprint density at radius 3 is 2.53 bits per heavy atom. The maximum atomic E-state index is 14.2. The van der Waals surface area contributed by atoms with E-state index in [0.717, 1.165) is 19.4 Å². The molecular formula is C18H16F5N3O4. The lowest BCUT2D eigenvalue weighted by molar-refractivity contribution is -0.281. The number of nitrogens with one attached hydrogen (secondary N) is 1. The predicted molar refractivity (Wildman–Crippen MR) is 91.7 cm³/mol. The highest BCUT2D eigenvalue weighted by molar-refractivity contribution is 5.95. The van der Waals surface area contributed by atoms with Crippen LogP contribution in [-0.4, -0.2) is 52.3 Å². The minimum Gasteiger partial charge on any atom is -0.493 e. The molecule has 2 aromatic rings. The molecule has 4 atom stereocenters. The lowest BCUT2D eigenvalue weighted by Gasteiger charge is -2.30. The summed E-state index contributed by atoms with van der Waals surface area (Å²) in [5.41, 5.74) is -3.42. The molecule has 7 nitrogen and oxygen atoms in total. The number of ether oxygens (including phenoxy) is 2. The minimum atomic E-state index is -5.08. The first-order valence-electron chi connectivity index (χ1n) is 8.53. The molecule has 0 bridgehead atoms. The van der Waals surface area contributed by atoms with Crippen LogP contribution < -0.4 is 10.1 Å². The van der Waals surface area contributed by atoms with Crippen LogP contribution in [0.2, 0.25) is 0 Å². The van der Waals surface area contributed by atoms with Crippen molar-refractivity contribution in [2.45, 2.75) is 36.8 Å². The number of rotatable bonds is 4. The zero-order chi connectivity index (χ0) is 22.3. The van der Waals surface area contributed by atoms with Gasteiger partial charge in [0.15, 0.2) is 17.2 Å². The molecular weight excluding hydrogens is 417 g/mol. The van der Waals surface area contributed by atoms with E-state index in [2.05, 4.69) is 15.5 Å². The lowest BCUT2D eigenvalue weighted by atomic mass is 9.83. The molecule has 0 radical (unpaired) electrons. The molecule has 1 aromatic heterocycles. The SMILES string of the molecule is COc1c([C@H]2[C@H](C(=O)Nc3ccnnc3)O[C@@](C)(C(F)(F)F)[C@H]2O)ccc(F)c1F. The molecule has 1 aliphatic rings. The highest BCUT2D eigenvalue weighted by Crippen LogP contribution is 2.51. The van der Waals surface area contributed by atoms with Gasteiger partial charge < -0.3 is 19.9 Å². The fourth-order valence-electron chi connectivity index (χ4n) is 3.29. The molecule has 3 rings (SSSR count). The van der Waals surface area contributed by atoms with Crippen molar-refractivity contribution in [2.75, 3.05) is 12.4 Å². The lowest BCUT2D eigenvalue weighted by Crippen LogP contribution is -2.51. The van der Waals surface area contributed by atoms with Gasteiger partial charge in [-0.1, -0.05) is 6.07 Å². The van der Waals surface area contributed by atoms with Gasteiger partial charge in [-0.3, -0.25) is 4.79 Å². The maximum Gasteiger partial charge on any atom is 0.419 e. The van der Waals surface area contributed by atoms with E-state index in [9.17, 15) is 31.9 Å². The summed E-state index contributed by atoms with van der Waals surface area (Å²) in [7, 11) is 0.976. The first-order valence-corrected chi connectivity index (χ1v) is 8.53. The Bertz CT molecular complexity index is 943. The molecule has 0 aliphatic carbocycles. The van der Waals surface area contributed by atoms with Crippen LogP contribution in [0.1, 0.15) is 18.4 Å². The van der Waals surface area contributed by atoms with Gasteiger partial charge in [-0.2, -0.15) is 27.8 Å². The average Bonchev–Trinajstić information content (AvgIpc) is 2.97. The van der Waals surface area contributed by atoms with Gasteiger partial charge >= 0.3 is 6.18 Å². The Hall–Kier alpha value is -2.86. The monoisotopic (exact) mass is 433 g/mol. The second-order valence-electron chi connectivity index (χ2n) is 6.72. The summed E-state index contributed by atoms with van der Waals surface area (Å²) in [5.74, 6) is -6.31. The van der Waals surface area contributed by atoms with Crippen LogP contribution in [0, 0.1) is 11.6 Å². The standard InChI is InChI=1S/C18H16F5N3O4/c1-17(18(21,22)23)15(27)11(9-3-4-10(19)12(20)13(9)29-2)14(30-17)16(28)26-8-5-6-24-25-7-8/h3-7,11,14-15,27H,1-2H3,(H,24,26,28)/t11-,14+,15-,17+/m0/s1. The molecule has 1 fully saturated rings. The molecule has 2 heterocycles. The predicted octanol–water partition coefficient (Wildman–Crippen LogP) is 2.57. The van der Waals surface area contributed by atoms with E-state index in [-0.39, 0.29) is 11.3 Å². The summed E-state index contributed by atoms with van der Waals surface area (Å²) in [4.78, 5) is 12.7. The number of aromatic nitrogens is 2. The van der Waals surface area contributed by atoms with Crippen molar-refractivity contribution in [3.63, 3.8) is 0 Å². The van der Waals surface area contributed by atoms with Crippen LogP contribution in [0.25, 0.3) is 0 Å². The first kappa shape index (κ1) is 21.8. The number of aliphatic hydroxyl groups excluding tert-OH is 1. The zero-order valence-electron chi connectivity index (χ0n) is 15.6. The second kappa shape index (κ2) is 7.76. The molecule has 1 aromatic carbocycles. The summed E-state index contributed by atoms with van der Waals surface area (Å²) >= 11 is 0. The van der Waals surface area contributed by atoms with Gasteiger partial charge in [0.05, 0.1) is 31.1 Å². The third-order valence-electron chi connectivity index (χ3n) is 4.92. The summed E-state index contributed by atoms with van der Waals surface area (Å²) in [6, 6.07) is 2.92. The summed E-state index contributed by atoms with van der Waals surface area (Å²) in [5, 5.41) is 19.9. The van der Waals surface area contributed by atoms with E-state index in [1.54, 1.807) is 0 Å². The molecule has 2 N–H and O–H groups in total. The van der Waals surface area contributed by atoms with Crippen molar-refractivity contribution in [3.05, 3.63) is 47.8 Å². The number of alkyl halides is 3. The van der Waals surface area contributed by atoms with Gasteiger partial charge in [-0.15, -0.1) is 0 Å². The molecule has 0 spiro atoms. The zero-order valence-corrected chi connectivity index (χ0v) is 15.6. The third-order valence-corrected chi connectivity index (χ3v) is 4.92. The van der Waals surface area contributed by atoms with Crippen LogP contribution >= 0.6 is 0 Å². The number of benzene rings is 1. The van der Waals surface area contributed by atoms with Crippen molar-refractivity contribution in [3.8, 4) is 5.75 Å². The number of aliphatic hydroxyl groups is 1. The van der Waals surface area contributed by atoms with Gasteiger partial charge in [0, 0.05) is 5.56 Å². The minimum absolute atomic E-state index is 0.102. The maximum absolute atomic E-state index is 14.2. The van der Waals surface area contributed by atoms with Crippen LogP contribution in [0.4, 0.5) is 27.6 Å². The molecule has 1 saturated heterocycles. The quantitative estimate of drug-likeness (QED) is 0.720. The second-order valence-corrected chi connectivity index (χ2v) is 6.72. The number of halogens is 5. The van der Waals surface area contributed by atoms with Gasteiger partial charge in [0.2, 0.25) is 5.82 Å². The molecule has 0 saturated carbocycles. The summed E-state index contributed by atoms with van der Waals surface area (Å²) in [6.07, 6.45) is -6.96. The van der Waals surface area contributed by atoms with E-state index in [0.29, 0.717) is 13.0 Å². The van der Waals surface area contributed by atoms with Crippen LogP contribution in [0.15, 0.2) is 30.6 Å². The Balaban J connectivity index is 2.09. The number of hydrogen-bond acceptors (Lipinski definition) is 6. The molecule has 1 amide bonds. The number of methoxy groups -OCH3 is 1. The van der Waals surface area contributed by atoms with Crippen molar-refractivity contribution >= 4 is 11.6 Å². The summed E-state index contributed by atoms with van der Waals surface area (Å²) in [6.45, 7) is 0.568. The molecule has 30 heavy (non-hydrogen) atoms. The van der Waals surface area contributed by atoms with Gasteiger partial charge in [0.25, 0.3) is 5.91 Å². The van der Waals surface area contributed by atoms with E-state index in [1.165, 1.54) is 12.3 Å². The molecule has 0 unspecified atom stereocenters. The summed E-state index contributed by atoms with van der Waals surface area (Å²) < 4.78 is 78.6. The van der Waals surface area contributed by atoms with Crippen molar-refractivity contribution in [2.24, 2.45) is 0 Å². The Labute approximate surface area is 166 Å². The van der Waals surface area contributed by atoms with Crippen molar-refractivity contribution < 1.29 is 41.3 Å². The fraction of sp³-hybridized carbons (Fsp3) is 0.389. The highest BCUT2D eigenvalue weighted by atomic mass is 19.4. The van der Waals surface area contributed by atoms with E-state index in [4.69, 9.17) is 9.47 Å². The average molecular weight is 433 g/mol. The molecule has 1 aliphatic heterocycles. The number of anilines is 1. The highest BCUT2D eigenvalue weighted by Gasteiger charge is 2.67. The van der Waals surface area contributed by atoms with Gasteiger partial charge in [0.1, 0.15) is 12.2 Å². The Kier molecular flexibility index (Phi) is 5.65. The fourth-order valence-corrected chi connectivity index (χ4v) is 3.29. The van der Waals surface area contributed by atoms with E-state index in [1.807, 2.05) is 0 Å². The normalized spacial score (nSPS) is 26.5. The topological polar surface area (TPSA) is 93.6 Å². The number of carbonyl (C=O) groups excluding carboxylic acids is 1. The van der Waals surface area contributed by atoms with Crippen molar-refractivity contribution in [1.29, 1.82) is 0 Å². The van der Waals surface area contributed by atoms with Crippen LogP contribution in [0.5, 0.6) is 5.75 Å². The number of amides is 1. The first-order chi connectivity index (χ1) is 14.0. The van der Waals surface area contributed by atoms with Gasteiger partial charge in [-0.05, 0) is 19.1 Å². The largest absolute Gasteiger partial charge is 0.493 e. The van der Waals surface area contributed by atoms with E-state index < -0.39 is 53.2 Å². The molecule has 162 valence electrons. The van der Waals surface area contributed by atoms with Gasteiger partial charge in [-0.25, -0.2) is 4.39 Å².